The Morgan fingerprint density at radius 1 is 0.467 bits per heavy atom. The van der Waals surface area contributed by atoms with Crippen LogP contribution in [0.2, 0.25) is 0 Å². The van der Waals surface area contributed by atoms with Crippen LogP contribution in [0.4, 0.5) is 17.1 Å². The molecule has 0 saturated carbocycles. The maximum atomic E-state index is 6.34. The van der Waals surface area contributed by atoms with Crippen molar-refractivity contribution in [2.75, 3.05) is 4.90 Å². The summed E-state index contributed by atoms with van der Waals surface area (Å²) in [6, 6.07) is 55.6. The van der Waals surface area contributed by atoms with E-state index in [0.717, 1.165) is 55.6 Å². The zero-order valence-electron chi connectivity index (χ0n) is 24.2. The average Bonchev–Trinajstić information content (AvgIpc) is 3.71. The lowest BCUT2D eigenvalue weighted by Crippen LogP contribution is -2.09. The lowest BCUT2D eigenvalue weighted by Gasteiger charge is -2.25. The molecule has 45 heavy (non-hydrogen) atoms. The average molecular weight is 595 g/mol. The minimum atomic E-state index is 0.636. The molecule has 4 heteroatoms. The predicted molar refractivity (Wildman–Crippen MR) is 190 cm³/mol. The van der Waals surface area contributed by atoms with Gasteiger partial charge in [0.1, 0.15) is 5.52 Å². The second kappa shape index (κ2) is 10.5. The fourth-order valence-corrected chi connectivity index (χ4v) is 7.51. The van der Waals surface area contributed by atoms with Crippen LogP contribution in [0.5, 0.6) is 0 Å². The summed E-state index contributed by atoms with van der Waals surface area (Å²) in [5, 5.41) is 4.85. The van der Waals surface area contributed by atoms with Crippen LogP contribution in [-0.4, -0.2) is 4.98 Å². The van der Waals surface area contributed by atoms with Crippen LogP contribution in [0.3, 0.4) is 0 Å². The van der Waals surface area contributed by atoms with Gasteiger partial charge in [0.25, 0.3) is 0 Å². The van der Waals surface area contributed by atoms with Gasteiger partial charge in [0.15, 0.2) is 5.58 Å². The molecule has 0 aliphatic carbocycles. The number of hydrogen-bond acceptors (Lipinski definition) is 4. The van der Waals surface area contributed by atoms with E-state index in [1.165, 1.54) is 20.2 Å². The van der Waals surface area contributed by atoms with Gasteiger partial charge in [-0.3, -0.25) is 0 Å². The van der Waals surface area contributed by atoms with E-state index in [1.54, 1.807) is 0 Å². The number of oxazole rings is 1. The maximum absolute atomic E-state index is 6.34. The van der Waals surface area contributed by atoms with E-state index in [2.05, 4.69) is 132 Å². The number of benzene rings is 7. The summed E-state index contributed by atoms with van der Waals surface area (Å²) in [6.45, 7) is 0. The summed E-state index contributed by atoms with van der Waals surface area (Å²) in [6.07, 6.45) is 0. The van der Waals surface area contributed by atoms with E-state index in [9.17, 15) is 0 Å². The van der Waals surface area contributed by atoms with Crippen LogP contribution in [0.1, 0.15) is 0 Å². The zero-order valence-corrected chi connectivity index (χ0v) is 25.0. The Morgan fingerprint density at radius 2 is 1.09 bits per heavy atom. The lowest BCUT2D eigenvalue weighted by molar-refractivity contribution is 0.620. The van der Waals surface area contributed by atoms with Crippen LogP contribution in [0, 0.1) is 0 Å². The molecule has 0 atom stereocenters. The first-order valence-electron chi connectivity index (χ1n) is 15.0. The molecule has 2 aromatic heterocycles. The molecule has 0 saturated heterocycles. The number of nitrogens with zero attached hydrogens (tertiary/aromatic N) is 2. The Morgan fingerprint density at radius 3 is 1.89 bits per heavy atom. The number of anilines is 3. The van der Waals surface area contributed by atoms with Crippen molar-refractivity contribution >= 4 is 70.4 Å². The molecule has 0 fully saturated rings. The normalized spacial score (nSPS) is 11.6. The number of para-hydroxylation sites is 1. The second-order valence-corrected chi connectivity index (χ2v) is 12.3. The SMILES string of the molecule is c1ccc(-c2nc3c(cc(-c4ccc(N(c5ccccc5)c5ccc6c(c5)sc5ccccc56)cc4)c4ccccc43)o2)cc1. The summed E-state index contributed by atoms with van der Waals surface area (Å²) >= 11 is 1.84. The van der Waals surface area contributed by atoms with Crippen molar-refractivity contribution in [3.8, 4) is 22.6 Å². The highest BCUT2D eigenvalue weighted by Crippen LogP contribution is 2.42. The largest absolute Gasteiger partial charge is 0.436 e. The van der Waals surface area contributed by atoms with Crippen molar-refractivity contribution in [3.05, 3.63) is 158 Å². The summed E-state index contributed by atoms with van der Waals surface area (Å²) < 4.78 is 8.94. The van der Waals surface area contributed by atoms with E-state index in [1.807, 2.05) is 41.7 Å². The molecular formula is C41H26N2OS. The van der Waals surface area contributed by atoms with Crippen molar-refractivity contribution in [3.63, 3.8) is 0 Å². The van der Waals surface area contributed by atoms with E-state index in [0.29, 0.717) is 5.89 Å². The van der Waals surface area contributed by atoms with Gasteiger partial charge >= 0.3 is 0 Å². The minimum absolute atomic E-state index is 0.636. The molecule has 7 aromatic carbocycles. The topological polar surface area (TPSA) is 29.3 Å². The molecule has 3 nitrogen and oxygen atoms in total. The standard InChI is InChI=1S/C41H26N2OS/c1-3-11-28(12-4-1)41-42-40-35-17-8-7-15-32(35)36(26-37(40)44-41)27-19-21-30(22-20-27)43(29-13-5-2-6-14-29)31-23-24-34-33-16-9-10-18-38(33)45-39(34)25-31/h1-26H. The van der Waals surface area contributed by atoms with Gasteiger partial charge in [-0.1, -0.05) is 97.1 Å². The molecule has 0 bridgehead atoms. The van der Waals surface area contributed by atoms with Gasteiger partial charge in [-0.25, -0.2) is 4.98 Å². The highest BCUT2D eigenvalue weighted by molar-refractivity contribution is 7.25. The minimum Gasteiger partial charge on any atom is -0.436 e. The van der Waals surface area contributed by atoms with Crippen molar-refractivity contribution in [1.82, 2.24) is 4.98 Å². The van der Waals surface area contributed by atoms with Crippen LogP contribution in [0.25, 0.3) is 64.6 Å². The number of aromatic nitrogens is 1. The fraction of sp³-hybridized carbons (Fsp3) is 0. The monoisotopic (exact) mass is 594 g/mol. The molecule has 0 amide bonds. The smallest absolute Gasteiger partial charge is 0.227 e. The van der Waals surface area contributed by atoms with Crippen molar-refractivity contribution in [2.24, 2.45) is 0 Å². The molecule has 0 N–H and O–H groups in total. The van der Waals surface area contributed by atoms with Crippen molar-refractivity contribution < 1.29 is 4.42 Å². The van der Waals surface area contributed by atoms with Gasteiger partial charge in [-0.15, -0.1) is 11.3 Å². The first-order chi connectivity index (χ1) is 22.3. The molecule has 212 valence electrons. The van der Waals surface area contributed by atoms with Crippen molar-refractivity contribution in [2.45, 2.75) is 0 Å². The second-order valence-electron chi connectivity index (χ2n) is 11.2. The van der Waals surface area contributed by atoms with Gasteiger partial charge in [0.2, 0.25) is 5.89 Å². The van der Waals surface area contributed by atoms with E-state index >= 15 is 0 Å². The molecule has 2 heterocycles. The molecule has 0 spiro atoms. The molecular weight excluding hydrogens is 569 g/mol. The summed E-state index contributed by atoms with van der Waals surface area (Å²) in [5.41, 5.74) is 8.25. The molecule has 0 aliphatic heterocycles. The summed E-state index contributed by atoms with van der Waals surface area (Å²) in [5.74, 6) is 0.636. The van der Waals surface area contributed by atoms with Gasteiger partial charge in [0.05, 0.1) is 0 Å². The van der Waals surface area contributed by atoms with E-state index in [4.69, 9.17) is 9.40 Å². The van der Waals surface area contributed by atoms with Gasteiger partial charge in [-0.2, -0.15) is 0 Å². The maximum Gasteiger partial charge on any atom is 0.227 e. The molecule has 0 unspecified atom stereocenters. The third-order valence-corrected chi connectivity index (χ3v) is 9.63. The number of fused-ring (bicyclic) bond motifs is 6. The van der Waals surface area contributed by atoms with E-state index < -0.39 is 0 Å². The summed E-state index contributed by atoms with van der Waals surface area (Å²) in [7, 11) is 0. The highest BCUT2D eigenvalue weighted by Gasteiger charge is 2.17. The number of thiophene rings is 1. The first kappa shape index (κ1) is 25.8. The lowest BCUT2D eigenvalue weighted by atomic mass is 9.97. The molecule has 9 rings (SSSR count). The quantitative estimate of drug-likeness (QED) is 0.198. The Kier molecular flexibility index (Phi) is 6.00. The molecule has 0 radical (unpaired) electrons. The molecule has 0 aliphatic rings. The van der Waals surface area contributed by atoms with Crippen LogP contribution in [0.15, 0.2) is 162 Å². The third-order valence-electron chi connectivity index (χ3n) is 8.49. The molecule has 9 aromatic rings. The van der Waals surface area contributed by atoms with Crippen LogP contribution >= 0.6 is 11.3 Å². The first-order valence-corrected chi connectivity index (χ1v) is 15.9. The zero-order chi connectivity index (χ0) is 29.7. The Balaban J connectivity index is 1.16. The van der Waals surface area contributed by atoms with Gasteiger partial charge in [0, 0.05) is 48.2 Å². The highest BCUT2D eigenvalue weighted by atomic mass is 32.1. The number of hydrogen-bond donors (Lipinski definition) is 0. The van der Waals surface area contributed by atoms with Crippen LogP contribution in [-0.2, 0) is 0 Å². The van der Waals surface area contributed by atoms with Crippen molar-refractivity contribution in [1.29, 1.82) is 0 Å². The van der Waals surface area contributed by atoms with Gasteiger partial charge < -0.3 is 9.32 Å². The summed E-state index contributed by atoms with van der Waals surface area (Å²) in [4.78, 5) is 7.24. The third kappa shape index (κ3) is 4.38. The van der Waals surface area contributed by atoms with E-state index in [-0.39, 0.29) is 0 Å². The van der Waals surface area contributed by atoms with Crippen LogP contribution < -0.4 is 4.90 Å². The Hall–Kier alpha value is -5.71. The predicted octanol–water partition coefficient (Wildman–Crippen LogP) is 12.2. The van der Waals surface area contributed by atoms with Gasteiger partial charge in [-0.05, 0) is 77.2 Å². The Labute approximate surface area is 264 Å². The Bertz CT molecular complexity index is 2480. The fourth-order valence-electron chi connectivity index (χ4n) is 6.37. The number of rotatable bonds is 5.